The van der Waals surface area contributed by atoms with Crippen LogP contribution < -0.4 is 0 Å². The Kier molecular flexibility index (Phi) is 0.257. The molecule has 0 atom stereocenters. The lowest BCUT2D eigenvalue weighted by atomic mass is 10.2. The van der Waals surface area contributed by atoms with Crippen LogP contribution in [0.4, 0.5) is 0 Å². The first-order chi connectivity index (χ1) is 2.21. The highest BCUT2D eigenvalue weighted by molar-refractivity contribution is 5.71. The van der Waals surface area contributed by atoms with E-state index in [1.165, 1.54) is 0 Å². The molecule has 1 heteroatoms. The fourth-order valence-electron chi connectivity index (χ4n) is 0.102. The highest BCUT2D eigenvalue weighted by Gasteiger charge is 2.25. The molecule has 1 rings (SSSR count). The highest BCUT2D eigenvalue weighted by Crippen LogP contribution is 2.09. The van der Waals surface area contributed by atoms with Crippen LogP contribution in [0.2, 0.25) is 0 Å². The van der Waals surface area contributed by atoms with Gasteiger partial charge in [0.2, 0.25) is 0 Å². The lowest BCUT2D eigenvalue weighted by molar-refractivity contribution is 0.119. The second-order valence-corrected chi connectivity index (χ2v) is 1.71. The van der Waals surface area contributed by atoms with E-state index in [1.54, 1.807) is 0 Å². The van der Waals surface area contributed by atoms with Gasteiger partial charge < -0.3 is 4.42 Å². The lowest BCUT2D eigenvalue weighted by Gasteiger charge is -1.80. The van der Waals surface area contributed by atoms with Crippen LogP contribution >= 0.6 is 0 Å². The molecule has 0 fully saturated rings. The molecule has 0 radical (unpaired) electrons. The van der Waals surface area contributed by atoms with E-state index in [-0.39, 0.29) is 5.60 Å². The summed E-state index contributed by atoms with van der Waals surface area (Å²) in [6.45, 7) is 3.93. The molecule has 0 aromatic rings. The topological polar surface area (TPSA) is 11.3 Å². The van der Waals surface area contributed by atoms with Gasteiger partial charge in [0.15, 0.2) is 5.60 Å². The molecule has 0 aromatic carbocycles. The Morgan fingerprint density at radius 1 is 1.60 bits per heavy atom. The normalized spacial score (nSPS) is 26.8. The van der Waals surface area contributed by atoms with Gasteiger partial charge in [-0.05, 0) is 0 Å². The van der Waals surface area contributed by atoms with E-state index in [4.69, 9.17) is 0 Å². The Bertz CT molecular complexity index is 63.7. The van der Waals surface area contributed by atoms with Crippen LogP contribution in [0.5, 0.6) is 0 Å². The van der Waals surface area contributed by atoms with Crippen molar-refractivity contribution in [2.75, 3.05) is 0 Å². The summed E-state index contributed by atoms with van der Waals surface area (Å²) < 4.78 is 4.65. The number of hydrogen-bond donors (Lipinski definition) is 0. The molecular formula is C4H6O. The first kappa shape index (κ1) is 2.88. The van der Waals surface area contributed by atoms with Crippen LogP contribution in [0, 0.1) is 0 Å². The van der Waals surface area contributed by atoms with Gasteiger partial charge >= 0.3 is 0 Å². The fourth-order valence-corrected chi connectivity index (χ4v) is 0.102. The van der Waals surface area contributed by atoms with E-state index < -0.39 is 0 Å². The maximum absolute atomic E-state index is 4.65. The molecule has 0 aromatic heterocycles. The van der Waals surface area contributed by atoms with Crippen LogP contribution in [0.25, 0.3) is 0 Å². The summed E-state index contributed by atoms with van der Waals surface area (Å²) in [4.78, 5) is 0. The zero-order chi connectivity index (χ0) is 3.91. The summed E-state index contributed by atoms with van der Waals surface area (Å²) >= 11 is 0. The van der Waals surface area contributed by atoms with Crippen molar-refractivity contribution in [3.05, 3.63) is 0 Å². The maximum atomic E-state index is 4.65. The van der Waals surface area contributed by atoms with Crippen molar-refractivity contribution < 1.29 is 4.42 Å². The third kappa shape index (κ3) is 0.469. The van der Waals surface area contributed by atoms with Gasteiger partial charge in [-0.1, -0.05) is 0 Å². The molecule has 5 heavy (non-hydrogen) atoms. The molecular weight excluding hydrogens is 64.0 g/mol. The maximum Gasteiger partial charge on any atom is 0.195 e. The van der Waals surface area contributed by atoms with Crippen LogP contribution in [-0.4, -0.2) is 11.9 Å². The van der Waals surface area contributed by atoms with Crippen molar-refractivity contribution in [1.82, 2.24) is 0 Å². The Morgan fingerprint density at radius 2 is 1.80 bits per heavy atom. The summed E-state index contributed by atoms with van der Waals surface area (Å²) in [6.07, 6.45) is 2.67. The third-order valence-electron chi connectivity index (χ3n) is 0.510. The molecule has 0 spiro atoms. The molecule has 0 unspecified atom stereocenters. The van der Waals surface area contributed by atoms with Gasteiger partial charge in [0.1, 0.15) is 0 Å². The lowest BCUT2D eigenvalue weighted by Crippen LogP contribution is -1.96. The highest BCUT2D eigenvalue weighted by atomic mass is 16.5. The van der Waals surface area contributed by atoms with Crippen molar-refractivity contribution in [2.45, 2.75) is 19.4 Å². The minimum absolute atomic E-state index is 0. The summed E-state index contributed by atoms with van der Waals surface area (Å²) in [5.41, 5.74) is 0. The van der Waals surface area contributed by atoms with Crippen LogP contribution in [0.1, 0.15) is 13.8 Å². The molecule has 1 aliphatic rings. The number of rotatable bonds is 0. The van der Waals surface area contributed by atoms with Gasteiger partial charge in [-0.2, -0.15) is 0 Å². The summed E-state index contributed by atoms with van der Waals surface area (Å²) in [5, 5.41) is 0. The molecule has 0 aliphatic carbocycles. The van der Waals surface area contributed by atoms with Gasteiger partial charge in [0.05, 0.1) is 6.29 Å². The second kappa shape index (κ2) is 0.445. The van der Waals surface area contributed by atoms with Gasteiger partial charge in [-0.15, -0.1) is 0 Å². The molecule has 0 saturated heterocycles. The summed E-state index contributed by atoms with van der Waals surface area (Å²) in [5.74, 6) is 0. The fraction of sp³-hybridized carbons (Fsp3) is 0.750. The Hall–Kier alpha value is -0.330. The van der Waals surface area contributed by atoms with E-state index >= 15 is 0 Å². The largest absolute Gasteiger partial charge is 0.461 e. The van der Waals surface area contributed by atoms with Crippen molar-refractivity contribution >= 4 is 6.29 Å². The summed E-state index contributed by atoms with van der Waals surface area (Å²) in [6, 6.07) is 0. The van der Waals surface area contributed by atoms with E-state index in [0.29, 0.717) is 0 Å². The van der Waals surface area contributed by atoms with Gasteiger partial charge in [0.25, 0.3) is 0 Å². The van der Waals surface area contributed by atoms with Crippen molar-refractivity contribution in [1.29, 1.82) is 0 Å². The van der Waals surface area contributed by atoms with Gasteiger partial charge in [-0.25, -0.2) is 0 Å². The molecule has 0 bridgehead atoms. The van der Waals surface area contributed by atoms with E-state index in [1.807, 2.05) is 13.8 Å². The van der Waals surface area contributed by atoms with Crippen molar-refractivity contribution in [3.8, 4) is 0 Å². The van der Waals surface area contributed by atoms with Crippen LogP contribution in [-0.2, 0) is 4.42 Å². The molecule has 0 saturated carbocycles. The predicted molar refractivity (Wildman–Crippen MR) is 19.8 cm³/mol. The zero-order valence-corrected chi connectivity index (χ0v) is 3.41. The quantitative estimate of drug-likeness (QED) is 0.289. The summed E-state index contributed by atoms with van der Waals surface area (Å²) in [7, 11) is 0. The van der Waals surface area contributed by atoms with E-state index in [0.717, 1.165) is 0 Å². The predicted octanol–water partition coefficient (Wildman–Crippen LogP) is 0.424. The smallest absolute Gasteiger partial charge is 0.195 e. The van der Waals surface area contributed by atoms with Crippen LogP contribution in [0.15, 0.2) is 0 Å². The van der Waals surface area contributed by atoms with Crippen molar-refractivity contribution in [2.24, 2.45) is 0 Å². The zero-order valence-electron chi connectivity index (χ0n) is 3.41. The van der Waals surface area contributed by atoms with Gasteiger partial charge in [-0.3, -0.25) is 0 Å². The molecule has 0 amide bonds. The van der Waals surface area contributed by atoms with Crippen molar-refractivity contribution in [3.63, 3.8) is 0 Å². The Balaban J connectivity index is 2.47. The average molecular weight is 70.1 g/mol. The first-order valence-corrected chi connectivity index (χ1v) is 1.66. The van der Waals surface area contributed by atoms with E-state index in [9.17, 15) is 0 Å². The number of carbonyl (C=O) groups excluding carboxylic acids is 1. The molecule has 1 nitrogen and oxygen atoms in total. The molecule has 1 heterocycles. The first-order valence-electron chi connectivity index (χ1n) is 1.66. The number of hydrogen-bond acceptors (Lipinski definition) is 0. The minimum Gasteiger partial charge on any atom is -0.461 e. The third-order valence-corrected chi connectivity index (χ3v) is 0.510. The molecule has 0 N–H and O–H groups in total. The standard InChI is InChI=1S/C4H6O/c1-4(2)3-5-4/h1-2H3. The van der Waals surface area contributed by atoms with Crippen LogP contribution in [0.3, 0.4) is 0 Å². The minimum atomic E-state index is 0. The SMILES string of the molecule is CC1(C)[C-]=[O+]1. The average Bonchev–Trinajstić information content (AvgIpc) is 1.76. The van der Waals surface area contributed by atoms with Gasteiger partial charge in [0, 0.05) is 13.8 Å². The molecule has 28 valence electrons. The monoisotopic (exact) mass is 70.0 g/mol. The molecule has 1 aliphatic heterocycles. The Labute approximate surface area is 31.3 Å². The van der Waals surface area contributed by atoms with E-state index in [2.05, 4.69) is 10.7 Å². The Morgan fingerprint density at radius 3 is 1.80 bits per heavy atom. The second-order valence-electron chi connectivity index (χ2n) is 1.71.